The summed E-state index contributed by atoms with van der Waals surface area (Å²) in [5.74, 6) is -0.157. The van der Waals surface area contributed by atoms with E-state index in [-0.39, 0.29) is 11.9 Å². The first kappa shape index (κ1) is 14.9. The van der Waals surface area contributed by atoms with Gasteiger partial charge in [-0.3, -0.25) is 9.59 Å². The van der Waals surface area contributed by atoms with E-state index in [0.717, 1.165) is 13.0 Å². The molecule has 0 aromatic heterocycles. The van der Waals surface area contributed by atoms with Gasteiger partial charge in [-0.2, -0.15) is 0 Å². The van der Waals surface area contributed by atoms with Crippen molar-refractivity contribution in [1.29, 1.82) is 0 Å². The lowest BCUT2D eigenvalue weighted by atomic mass is 10.3. The van der Waals surface area contributed by atoms with Crippen molar-refractivity contribution >= 4 is 11.9 Å². The Morgan fingerprint density at radius 3 is 2.38 bits per heavy atom. The fraction of sp³-hybridized carbons (Fsp3) is 0.818. The van der Waals surface area contributed by atoms with Crippen LogP contribution in [0.15, 0.2) is 0 Å². The number of carbonyl (C=O) groups is 2. The van der Waals surface area contributed by atoms with Crippen LogP contribution >= 0.6 is 0 Å². The Morgan fingerprint density at radius 2 is 1.75 bits per heavy atom. The molecule has 0 atom stereocenters. The largest absolute Gasteiger partial charge is 0.466 e. The van der Waals surface area contributed by atoms with E-state index in [9.17, 15) is 9.59 Å². The first-order valence-corrected chi connectivity index (χ1v) is 5.83. The van der Waals surface area contributed by atoms with Gasteiger partial charge >= 0.3 is 5.97 Å². The molecule has 0 aliphatic heterocycles. The molecule has 0 bridgehead atoms. The van der Waals surface area contributed by atoms with E-state index in [1.807, 2.05) is 6.92 Å². The molecule has 1 amide bonds. The molecule has 2 N–H and O–H groups in total. The van der Waals surface area contributed by atoms with E-state index in [1.54, 1.807) is 6.92 Å². The monoisotopic (exact) mass is 230 g/mol. The smallest absolute Gasteiger partial charge is 0.307 e. The van der Waals surface area contributed by atoms with Crippen LogP contribution in [-0.2, 0) is 14.3 Å². The van der Waals surface area contributed by atoms with Crippen molar-refractivity contribution in [3.63, 3.8) is 0 Å². The van der Waals surface area contributed by atoms with Crippen molar-refractivity contribution in [3.05, 3.63) is 0 Å². The SMILES string of the molecule is CCCNC(=O)CCNCCC(=O)OCC. The van der Waals surface area contributed by atoms with Gasteiger partial charge in [0.25, 0.3) is 0 Å². The van der Waals surface area contributed by atoms with Crippen LogP contribution in [0.1, 0.15) is 33.1 Å². The van der Waals surface area contributed by atoms with Crippen LogP contribution < -0.4 is 10.6 Å². The molecule has 0 radical (unpaired) electrons. The molecule has 0 heterocycles. The zero-order valence-electron chi connectivity index (χ0n) is 10.2. The van der Waals surface area contributed by atoms with Gasteiger partial charge in [0, 0.05) is 26.1 Å². The van der Waals surface area contributed by atoms with Gasteiger partial charge in [0.2, 0.25) is 5.91 Å². The molecule has 0 spiro atoms. The Hall–Kier alpha value is -1.10. The van der Waals surface area contributed by atoms with Gasteiger partial charge in [-0.05, 0) is 13.3 Å². The van der Waals surface area contributed by atoms with Gasteiger partial charge < -0.3 is 15.4 Å². The second-order valence-electron chi connectivity index (χ2n) is 3.40. The maximum Gasteiger partial charge on any atom is 0.307 e. The van der Waals surface area contributed by atoms with E-state index in [1.165, 1.54) is 0 Å². The molecule has 0 aliphatic carbocycles. The molecule has 5 nitrogen and oxygen atoms in total. The third-order valence-corrected chi connectivity index (χ3v) is 1.91. The zero-order chi connectivity index (χ0) is 12.2. The second-order valence-corrected chi connectivity index (χ2v) is 3.40. The number of nitrogens with one attached hydrogen (secondary N) is 2. The van der Waals surface area contributed by atoms with Crippen LogP contribution in [0.25, 0.3) is 0 Å². The number of esters is 1. The first-order chi connectivity index (χ1) is 7.70. The maximum absolute atomic E-state index is 11.2. The summed E-state index contributed by atoms with van der Waals surface area (Å²) in [5, 5.41) is 5.80. The highest BCUT2D eigenvalue weighted by atomic mass is 16.5. The van der Waals surface area contributed by atoms with E-state index < -0.39 is 0 Å². The van der Waals surface area contributed by atoms with Crippen molar-refractivity contribution in [1.82, 2.24) is 10.6 Å². The zero-order valence-corrected chi connectivity index (χ0v) is 10.2. The molecule has 0 rings (SSSR count). The van der Waals surface area contributed by atoms with Gasteiger partial charge in [0.1, 0.15) is 0 Å². The number of rotatable bonds is 9. The Labute approximate surface area is 96.9 Å². The van der Waals surface area contributed by atoms with Crippen LogP contribution in [0.2, 0.25) is 0 Å². The van der Waals surface area contributed by atoms with E-state index in [0.29, 0.717) is 32.5 Å². The van der Waals surface area contributed by atoms with Gasteiger partial charge in [0.15, 0.2) is 0 Å². The minimum absolute atomic E-state index is 0.0467. The summed E-state index contributed by atoms with van der Waals surface area (Å²) in [4.78, 5) is 22.1. The predicted molar refractivity (Wildman–Crippen MR) is 62.0 cm³/mol. The Balaban J connectivity index is 3.26. The minimum Gasteiger partial charge on any atom is -0.466 e. The highest BCUT2D eigenvalue weighted by Crippen LogP contribution is 1.85. The standard InChI is InChI=1S/C11H22N2O3/c1-3-7-13-10(14)5-8-12-9-6-11(15)16-4-2/h12H,3-9H2,1-2H3,(H,13,14). The van der Waals surface area contributed by atoms with Crippen molar-refractivity contribution in [2.45, 2.75) is 33.1 Å². The molecule has 0 saturated heterocycles. The lowest BCUT2D eigenvalue weighted by molar-refractivity contribution is -0.142. The minimum atomic E-state index is -0.203. The summed E-state index contributed by atoms with van der Waals surface area (Å²) in [6.07, 6.45) is 1.75. The molecule has 16 heavy (non-hydrogen) atoms. The van der Waals surface area contributed by atoms with Crippen LogP contribution in [0, 0.1) is 0 Å². The predicted octanol–water partition coefficient (Wildman–Crippen LogP) is 0.446. The topological polar surface area (TPSA) is 67.4 Å². The molecule has 0 unspecified atom stereocenters. The molecule has 0 fully saturated rings. The average molecular weight is 230 g/mol. The Morgan fingerprint density at radius 1 is 1.06 bits per heavy atom. The highest BCUT2D eigenvalue weighted by Gasteiger charge is 2.02. The van der Waals surface area contributed by atoms with Crippen molar-refractivity contribution < 1.29 is 14.3 Å². The van der Waals surface area contributed by atoms with Crippen molar-refractivity contribution in [3.8, 4) is 0 Å². The van der Waals surface area contributed by atoms with Crippen LogP contribution in [0.4, 0.5) is 0 Å². The van der Waals surface area contributed by atoms with Gasteiger partial charge in [-0.15, -0.1) is 0 Å². The Kier molecular flexibility index (Phi) is 9.70. The van der Waals surface area contributed by atoms with E-state index >= 15 is 0 Å². The molecular weight excluding hydrogens is 208 g/mol. The first-order valence-electron chi connectivity index (χ1n) is 5.83. The summed E-state index contributed by atoms with van der Waals surface area (Å²) in [5.41, 5.74) is 0. The number of amides is 1. The summed E-state index contributed by atoms with van der Waals surface area (Å²) in [7, 11) is 0. The summed E-state index contributed by atoms with van der Waals surface area (Å²) < 4.78 is 4.76. The average Bonchev–Trinajstić information content (AvgIpc) is 2.26. The molecule has 94 valence electrons. The third-order valence-electron chi connectivity index (χ3n) is 1.91. The molecule has 0 aliphatic rings. The van der Waals surface area contributed by atoms with Gasteiger partial charge in [-0.1, -0.05) is 6.92 Å². The quantitative estimate of drug-likeness (QED) is 0.445. The summed E-state index contributed by atoms with van der Waals surface area (Å²) in [6.45, 7) is 6.08. The summed E-state index contributed by atoms with van der Waals surface area (Å²) in [6, 6.07) is 0. The van der Waals surface area contributed by atoms with E-state index in [4.69, 9.17) is 4.74 Å². The molecule has 0 aromatic carbocycles. The number of hydrogen-bond donors (Lipinski definition) is 2. The number of carbonyl (C=O) groups excluding carboxylic acids is 2. The number of ether oxygens (including phenoxy) is 1. The molecule has 0 saturated carbocycles. The number of hydrogen-bond acceptors (Lipinski definition) is 4. The van der Waals surface area contributed by atoms with Crippen molar-refractivity contribution in [2.75, 3.05) is 26.2 Å². The molecule has 0 aromatic rings. The van der Waals surface area contributed by atoms with E-state index in [2.05, 4.69) is 10.6 Å². The normalized spacial score (nSPS) is 9.88. The highest BCUT2D eigenvalue weighted by molar-refractivity contribution is 5.76. The van der Waals surface area contributed by atoms with Crippen LogP contribution in [0.3, 0.4) is 0 Å². The fourth-order valence-electron chi connectivity index (χ4n) is 1.10. The van der Waals surface area contributed by atoms with Gasteiger partial charge in [0.05, 0.1) is 13.0 Å². The lowest BCUT2D eigenvalue weighted by Gasteiger charge is -2.05. The molecule has 5 heteroatoms. The van der Waals surface area contributed by atoms with Crippen molar-refractivity contribution in [2.24, 2.45) is 0 Å². The Bertz CT molecular complexity index is 207. The summed E-state index contributed by atoms with van der Waals surface area (Å²) >= 11 is 0. The van der Waals surface area contributed by atoms with Gasteiger partial charge in [-0.25, -0.2) is 0 Å². The lowest BCUT2D eigenvalue weighted by Crippen LogP contribution is -2.29. The maximum atomic E-state index is 11.2. The van der Waals surface area contributed by atoms with Crippen LogP contribution in [-0.4, -0.2) is 38.1 Å². The molecular formula is C11H22N2O3. The fourth-order valence-corrected chi connectivity index (χ4v) is 1.10. The third kappa shape index (κ3) is 9.45. The second kappa shape index (κ2) is 10.4. The van der Waals surface area contributed by atoms with Crippen LogP contribution in [0.5, 0.6) is 0 Å².